The molecule has 1 unspecified atom stereocenters. The average Bonchev–Trinajstić information content (AvgIpc) is 3.27. The number of fused-ring (bicyclic) bond motifs is 1. The second kappa shape index (κ2) is 8.60. The molecular formula is C18H19ClFN5O5P+. The zero-order chi connectivity index (χ0) is 22.2. The Kier molecular flexibility index (Phi) is 6.05. The molecule has 13 heteroatoms. The number of hydrogen-bond acceptors (Lipinski definition) is 9. The molecule has 0 saturated carbocycles. The summed E-state index contributed by atoms with van der Waals surface area (Å²) in [5.74, 6) is 0.716. The molecule has 0 radical (unpaired) electrons. The van der Waals surface area contributed by atoms with E-state index in [1.165, 1.54) is 17.8 Å². The molecule has 164 valence electrons. The first-order valence-corrected chi connectivity index (χ1v) is 10.7. The van der Waals surface area contributed by atoms with Gasteiger partial charge in [-0.1, -0.05) is 18.2 Å². The minimum absolute atomic E-state index is 0.0614. The molecule has 0 spiro atoms. The van der Waals surface area contributed by atoms with Crippen molar-refractivity contribution < 1.29 is 27.8 Å². The standard InChI is InChI=1S/C18H19ClFN5O5P/c1-18(8-28-31(27)30-10-6-4-3-5-7-10)13(26)11(20)16(29-18)25-9-22-12-14(21-2)23-17(19)24-15(12)25/h3-7,9,11,13,16,26H,8H2,1-2H3,(H,21,23,24)/q+1/t11-,13+,16-,18-/m1/s1. The van der Waals surface area contributed by atoms with Crippen molar-refractivity contribution in [1.29, 1.82) is 0 Å². The van der Waals surface area contributed by atoms with Crippen LogP contribution in [0.15, 0.2) is 36.7 Å². The Bertz CT molecular complexity index is 1110. The summed E-state index contributed by atoms with van der Waals surface area (Å²) in [6, 6.07) is 8.44. The molecule has 4 rings (SSSR count). The van der Waals surface area contributed by atoms with E-state index in [0.717, 1.165) is 0 Å². The maximum Gasteiger partial charge on any atom is 0.750 e. The van der Waals surface area contributed by atoms with Crippen LogP contribution in [0, 0.1) is 0 Å². The second-order valence-corrected chi connectivity index (χ2v) is 8.25. The third-order valence-electron chi connectivity index (χ3n) is 4.87. The molecule has 1 aliphatic heterocycles. The van der Waals surface area contributed by atoms with E-state index in [9.17, 15) is 9.67 Å². The number of para-hydroxylation sites is 1. The van der Waals surface area contributed by atoms with Crippen molar-refractivity contribution in [2.75, 3.05) is 19.0 Å². The fourth-order valence-corrected chi connectivity index (χ4v) is 4.13. The van der Waals surface area contributed by atoms with Crippen LogP contribution < -0.4 is 9.84 Å². The molecule has 10 nitrogen and oxygen atoms in total. The molecule has 5 atom stereocenters. The maximum atomic E-state index is 15.0. The van der Waals surface area contributed by atoms with Gasteiger partial charge in [-0.2, -0.15) is 9.97 Å². The van der Waals surface area contributed by atoms with E-state index >= 15 is 4.39 Å². The fraction of sp³-hybridized carbons (Fsp3) is 0.389. The van der Waals surface area contributed by atoms with Crippen LogP contribution in [0.5, 0.6) is 5.75 Å². The van der Waals surface area contributed by atoms with E-state index in [-0.39, 0.29) is 17.5 Å². The number of rotatable bonds is 7. The summed E-state index contributed by atoms with van der Waals surface area (Å²) >= 11 is 5.96. The molecule has 1 fully saturated rings. The number of nitrogens with one attached hydrogen (secondary N) is 1. The van der Waals surface area contributed by atoms with Gasteiger partial charge in [-0.15, -0.1) is 4.52 Å². The highest BCUT2D eigenvalue weighted by atomic mass is 35.5. The predicted molar refractivity (Wildman–Crippen MR) is 110 cm³/mol. The first-order chi connectivity index (χ1) is 14.8. The van der Waals surface area contributed by atoms with Crippen LogP contribution in [-0.4, -0.2) is 56.2 Å². The van der Waals surface area contributed by atoms with Gasteiger partial charge in [-0.05, 0) is 30.7 Å². The van der Waals surface area contributed by atoms with Crippen molar-refractivity contribution in [2.45, 2.75) is 31.0 Å². The van der Waals surface area contributed by atoms with Gasteiger partial charge in [0.05, 0.1) is 6.33 Å². The SMILES string of the molecule is CNc1nc(Cl)nc2c1ncn2[C@@H]1O[C@](C)(CO[P+](=O)Oc2ccccc2)[C@@H](O)[C@H]1F. The maximum absolute atomic E-state index is 15.0. The van der Waals surface area contributed by atoms with Crippen LogP contribution in [-0.2, 0) is 13.8 Å². The van der Waals surface area contributed by atoms with E-state index in [0.29, 0.717) is 17.1 Å². The summed E-state index contributed by atoms with van der Waals surface area (Å²) in [5.41, 5.74) is -0.914. The Morgan fingerprint density at radius 1 is 1.39 bits per heavy atom. The highest BCUT2D eigenvalue weighted by molar-refractivity contribution is 7.33. The molecule has 1 saturated heterocycles. The third-order valence-corrected chi connectivity index (χ3v) is 5.74. The van der Waals surface area contributed by atoms with Crippen molar-refractivity contribution in [1.82, 2.24) is 19.5 Å². The first-order valence-electron chi connectivity index (χ1n) is 9.23. The van der Waals surface area contributed by atoms with Gasteiger partial charge >= 0.3 is 8.25 Å². The van der Waals surface area contributed by atoms with Crippen LogP contribution in [0.4, 0.5) is 10.2 Å². The predicted octanol–water partition coefficient (Wildman–Crippen LogP) is 3.26. The molecule has 3 aromatic rings. The largest absolute Gasteiger partial charge is 0.750 e. The minimum atomic E-state index is -2.57. The van der Waals surface area contributed by atoms with Crippen LogP contribution in [0.25, 0.3) is 11.2 Å². The van der Waals surface area contributed by atoms with Gasteiger partial charge in [-0.25, -0.2) is 13.9 Å². The van der Waals surface area contributed by atoms with Crippen molar-refractivity contribution in [3.63, 3.8) is 0 Å². The Morgan fingerprint density at radius 2 is 2.13 bits per heavy atom. The Morgan fingerprint density at radius 3 is 2.84 bits per heavy atom. The van der Waals surface area contributed by atoms with Crippen molar-refractivity contribution in [2.24, 2.45) is 0 Å². The molecule has 2 N–H and O–H groups in total. The van der Waals surface area contributed by atoms with Crippen LogP contribution in [0.1, 0.15) is 13.2 Å². The fourth-order valence-electron chi connectivity index (χ4n) is 3.26. The number of aliphatic hydroxyl groups is 1. The van der Waals surface area contributed by atoms with Gasteiger partial charge < -0.3 is 15.2 Å². The van der Waals surface area contributed by atoms with E-state index < -0.39 is 32.4 Å². The quantitative estimate of drug-likeness (QED) is 0.396. The lowest BCUT2D eigenvalue weighted by atomic mass is 9.99. The Balaban J connectivity index is 1.52. The summed E-state index contributed by atoms with van der Waals surface area (Å²) in [5, 5.41) is 13.3. The number of nitrogens with zero attached hydrogens (tertiary/aromatic N) is 4. The summed E-state index contributed by atoms with van der Waals surface area (Å²) in [7, 11) is -0.929. The number of ether oxygens (including phenoxy) is 1. The van der Waals surface area contributed by atoms with Gasteiger partial charge in [0.2, 0.25) is 5.28 Å². The second-order valence-electron chi connectivity index (χ2n) is 7.03. The van der Waals surface area contributed by atoms with Gasteiger partial charge in [-0.3, -0.25) is 4.57 Å². The van der Waals surface area contributed by atoms with Crippen molar-refractivity contribution in [3.05, 3.63) is 41.9 Å². The lowest BCUT2D eigenvalue weighted by molar-refractivity contribution is -0.110. The summed E-state index contributed by atoms with van der Waals surface area (Å²) in [4.78, 5) is 12.3. The monoisotopic (exact) mass is 470 g/mol. The number of hydrogen-bond donors (Lipinski definition) is 2. The molecule has 2 aromatic heterocycles. The van der Waals surface area contributed by atoms with Gasteiger partial charge in [0, 0.05) is 11.6 Å². The molecule has 0 aliphatic carbocycles. The highest BCUT2D eigenvalue weighted by Crippen LogP contribution is 2.42. The summed E-state index contributed by atoms with van der Waals surface area (Å²) in [6.45, 7) is 1.08. The number of halogens is 2. The number of aromatic nitrogens is 4. The van der Waals surface area contributed by atoms with Crippen molar-refractivity contribution >= 4 is 36.8 Å². The molecular weight excluding hydrogens is 452 g/mol. The number of anilines is 1. The summed E-state index contributed by atoms with van der Waals surface area (Å²) < 4.78 is 44.7. The molecule has 0 bridgehead atoms. The number of benzene rings is 1. The lowest BCUT2D eigenvalue weighted by Crippen LogP contribution is -2.42. The number of alkyl halides is 1. The van der Waals surface area contributed by atoms with Crippen LogP contribution in [0.2, 0.25) is 5.28 Å². The first kappa shape index (κ1) is 21.8. The molecule has 1 aliphatic rings. The highest BCUT2D eigenvalue weighted by Gasteiger charge is 2.55. The van der Waals surface area contributed by atoms with Gasteiger partial charge in [0.15, 0.2) is 35.1 Å². The van der Waals surface area contributed by atoms with E-state index in [1.54, 1.807) is 37.4 Å². The molecule has 3 heterocycles. The average molecular weight is 471 g/mol. The van der Waals surface area contributed by atoms with E-state index in [1.807, 2.05) is 0 Å². The molecule has 1 aromatic carbocycles. The molecule has 0 amide bonds. The topological polar surface area (TPSA) is 121 Å². The zero-order valence-electron chi connectivity index (χ0n) is 16.5. The Labute approximate surface area is 182 Å². The lowest BCUT2D eigenvalue weighted by Gasteiger charge is -2.24. The van der Waals surface area contributed by atoms with Gasteiger partial charge in [0.1, 0.15) is 18.3 Å². The van der Waals surface area contributed by atoms with Crippen molar-refractivity contribution in [3.8, 4) is 5.75 Å². The van der Waals surface area contributed by atoms with E-state index in [4.69, 9.17) is 25.4 Å². The smallest absolute Gasteiger partial charge is 0.387 e. The van der Waals surface area contributed by atoms with Gasteiger partial charge in [0.25, 0.3) is 0 Å². The van der Waals surface area contributed by atoms with Crippen LogP contribution in [0.3, 0.4) is 0 Å². The van der Waals surface area contributed by atoms with Crippen LogP contribution >= 0.6 is 19.9 Å². The summed E-state index contributed by atoms with van der Waals surface area (Å²) in [6.07, 6.45) is -3.36. The number of aliphatic hydroxyl groups excluding tert-OH is 1. The minimum Gasteiger partial charge on any atom is -0.387 e. The molecule has 31 heavy (non-hydrogen) atoms. The zero-order valence-corrected chi connectivity index (χ0v) is 18.1. The third kappa shape index (κ3) is 4.19. The Hall–Kier alpha value is -2.43. The van der Waals surface area contributed by atoms with E-state index in [2.05, 4.69) is 20.3 Å². The normalized spacial score (nSPS) is 26.2. The number of imidazole rings is 1.